The Hall–Kier alpha value is -1.45. The lowest BCUT2D eigenvalue weighted by Crippen LogP contribution is -2.13. The van der Waals surface area contributed by atoms with Crippen LogP contribution in [0.3, 0.4) is 0 Å². The van der Waals surface area contributed by atoms with Crippen LogP contribution in [0.5, 0.6) is 5.75 Å². The summed E-state index contributed by atoms with van der Waals surface area (Å²) in [6.07, 6.45) is 0. The minimum Gasteiger partial charge on any atom is -0.497 e. The topological polar surface area (TPSA) is 64.1 Å². The van der Waals surface area contributed by atoms with Gasteiger partial charge in [0.2, 0.25) is 5.91 Å². The third-order valence-electron chi connectivity index (χ3n) is 3.44. The third-order valence-corrected chi connectivity index (χ3v) is 7.44. The van der Waals surface area contributed by atoms with Crippen LogP contribution in [0.25, 0.3) is 0 Å². The quantitative estimate of drug-likeness (QED) is 0.414. The number of aromatic nitrogens is 2. The lowest BCUT2D eigenvalue weighted by atomic mass is 10.2. The molecule has 3 rings (SSSR count). The Balaban J connectivity index is 1.45. The molecule has 0 spiro atoms. The summed E-state index contributed by atoms with van der Waals surface area (Å²) in [6, 6.07) is 12.9. The second-order valence-corrected chi connectivity index (χ2v) is 9.67. The zero-order valence-electron chi connectivity index (χ0n) is 14.6. The van der Waals surface area contributed by atoms with Gasteiger partial charge in [-0.2, -0.15) is 0 Å². The molecule has 0 saturated heterocycles. The lowest BCUT2D eigenvalue weighted by Gasteiger charge is -2.05. The second kappa shape index (κ2) is 10.4. The van der Waals surface area contributed by atoms with Crippen molar-refractivity contribution in [1.29, 1.82) is 0 Å². The Morgan fingerprint density at radius 1 is 1.07 bits per heavy atom. The molecular weight excluding hydrogens is 457 g/mol. The molecule has 1 N–H and O–H groups in total. The molecule has 3 aromatic rings. The maximum absolute atomic E-state index is 12.1. The number of hydrogen-bond donors (Lipinski definition) is 1. The highest BCUT2D eigenvalue weighted by Crippen LogP contribution is 2.31. The van der Waals surface area contributed by atoms with Gasteiger partial charge in [-0.25, -0.2) is 0 Å². The Labute approximate surface area is 185 Å². The normalized spacial score (nSPS) is 10.7. The highest BCUT2D eigenvalue weighted by atomic mass is 35.5. The molecule has 0 radical (unpaired) electrons. The van der Waals surface area contributed by atoms with Crippen molar-refractivity contribution in [2.24, 2.45) is 0 Å². The van der Waals surface area contributed by atoms with Crippen molar-refractivity contribution < 1.29 is 9.53 Å². The molecule has 0 aliphatic rings. The lowest BCUT2D eigenvalue weighted by molar-refractivity contribution is -0.113. The van der Waals surface area contributed by atoms with Gasteiger partial charge in [0, 0.05) is 11.4 Å². The van der Waals surface area contributed by atoms with Crippen molar-refractivity contribution in [3.63, 3.8) is 0 Å². The van der Waals surface area contributed by atoms with Crippen LogP contribution < -0.4 is 10.1 Å². The first-order valence-electron chi connectivity index (χ1n) is 8.00. The van der Waals surface area contributed by atoms with Gasteiger partial charge < -0.3 is 10.1 Å². The SMILES string of the molecule is COc1ccc(CSc2nnc(SCC(=O)Nc3ccc(Cl)c(Cl)c3)s2)cc1. The molecule has 0 unspecified atom stereocenters. The number of nitrogens with one attached hydrogen (secondary N) is 1. The van der Waals surface area contributed by atoms with Crippen LogP contribution in [0.1, 0.15) is 5.56 Å². The van der Waals surface area contributed by atoms with E-state index in [-0.39, 0.29) is 11.7 Å². The number of carbonyl (C=O) groups is 1. The van der Waals surface area contributed by atoms with Gasteiger partial charge in [-0.3, -0.25) is 4.79 Å². The smallest absolute Gasteiger partial charge is 0.234 e. The number of thioether (sulfide) groups is 2. The van der Waals surface area contributed by atoms with Gasteiger partial charge in [-0.1, -0.05) is 70.2 Å². The first-order chi connectivity index (χ1) is 13.5. The molecule has 28 heavy (non-hydrogen) atoms. The molecule has 10 heteroatoms. The largest absolute Gasteiger partial charge is 0.497 e. The number of amides is 1. The second-order valence-electron chi connectivity index (χ2n) is 5.44. The molecular formula is C18H15Cl2N3O2S3. The Morgan fingerprint density at radius 2 is 1.79 bits per heavy atom. The van der Waals surface area contributed by atoms with E-state index in [0.717, 1.165) is 20.2 Å². The summed E-state index contributed by atoms with van der Waals surface area (Å²) in [6.45, 7) is 0. The first-order valence-corrected chi connectivity index (χ1v) is 11.5. The molecule has 146 valence electrons. The highest BCUT2D eigenvalue weighted by molar-refractivity contribution is 8.03. The molecule has 2 aromatic carbocycles. The van der Waals surface area contributed by atoms with Crippen LogP contribution in [0.4, 0.5) is 5.69 Å². The number of ether oxygens (including phenoxy) is 1. The van der Waals surface area contributed by atoms with Crippen molar-refractivity contribution in [2.75, 3.05) is 18.2 Å². The predicted octanol–water partition coefficient (Wildman–Crippen LogP) is 5.88. The van der Waals surface area contributed by atoms with Crippen molar-refractivity contribution in [3.8, 4) is 5.75 Å². The summed E-state index contributed by atoms with van der Waals surface area (Å²) in [4.78, 5) is 12.1. The molecule has 0 aliphatic carbocycles. The van der Waals surface area contributed by atoms with Crippen LogP contribution in [0.2, 0.25) is 10.0 Å². The number of carbonyl (C=O) groups excluding carboxylic acids is 1. The van der Waals surface area contributed by atoms with Crippen LogP contribution in [-0.4, -0.2) is 29.0 Å². The average Bonchev–Trinajstić information content (AvgIpc) is 3.16. The third kappa shape index (κ3) is 6.28. The van der Waals surface area contributed by atoms with E-state index in [2.05, 4.69) is 15.5 Å². The number of methoxy groups -OCH3 is 1. The monoisotopic (exact) mass is 471 g/mol. The van der Waals surface area contributed by atoms with Crippen LogP contribution in [0, 0.1) is 0 Å². The van der Waals surface area contributed by atoms with E-state index in [4.69, 9.17) is 27.9 Å². The van der Waals surface area contributed by atoms with Gasteiger partial charge in [-0.15, -0.1) is 10.2 Å². The van der Waals surface area contributed by atoms with E-state index < -0.39 is 0 Å². The van der Waals surface area contributed by atoms with Gasteiger partial charge in [0.05, 0.1) is 22.9 Å². The fourth-order valence-electron chi connectivity index (χ4n) is 2.08. The molecule has 1 amide bonds. The van der Waals surface area contributed by atoms with E-state index in [1.807, 2.05) is 24.3 Å². The highest BCUT2D eigenvalue weighted by Gasteiger charge is 2.10. The zero-order chi connectivity index (χ0) is 19.9. The minimum absolute atomic E-state index is 0.147. The number of hydrogen-bond acceptors (Lipinski definition) is 7. The van der Waals surface area contributed by atoms with Crippen molar-refractivity contribution in [2.45, 2.75) is 14.4 Å². The standard InChI is InChI=1S/C18H15Cl2N3O2S3/c1-25-13-5-2-11(3-6-13)9-26-17-22-23-18(28-17)27-10-16(24)21-12-4-7-14(19)15(20)8-12/h2-8H,9-10H2,1H3,(H,21,24). The number of nitrogens with zero attached hydrogens (tertiary/aromatic N) is 2. The summed E-state index contributed by atoms with van der Waals surface area (Å²) in [7, 11) is 1.65. The van der Waals surface area contributed by atoms with Crippen LogP contribution >= 0.6 is 58.1 Å². The molecule has 1 aromatic heterocycles. The maximum atomic E-state index is 12.1. The molecule has 0 fully saturated rings. The van der Waals surface area contributed by atoms with Gasteiger partial charge >= 0.3 is 0 Å². The zero-order valence-corrected chi connectivity index (χ0v) is 18.6. The number of anilines is 1. The fourth-order valence-corrected chi connectivity index (χ4v) is 5.15. The van der Waals surface area contributed by atoms with Crippen LogP contribution in [0.15, 0.2) is 51.1 Å². The van der Waals surface area contributed by atoms with Gasteiger partial charge in [-0.05, 0) is 35.9 Å². The number of benzene rings is 2. The van der Waals surface area contributed by atoms with E-state index in [0.29, 0.717) is 15.7 Å². The van der Waals surface area contributed by atoms with Gasteiger partial charge in [0.1, 0.15) is 5.75 Å². The van der Waals surface area contributed by atoms with E-state index in [9.17, 15) is 4.79 Å². The van der Waals surface area contributed by atoms with Crippen molar-refractivity contribution in [3.05, 3.63) is 58.1 Å². The maximum Gasteiger partial charge on any atom is 0.234 e. The summed E-state index contributed by atoms with van der Waals surface area (Å²) >= 11 is 16.2. The summed E-state index contributed by atoms with van der Waals surface area (Å²) in [5.41, 5.74) is 1.78. The number of halogens is 2. The molecule has 0 saturated carbocycles. The van der Waals surface area contributed by atoms with Crippen molar-refractivity contribution in [1.82, 2.24) is 10.2 Å². The van der Waals surface area contributed by atoms with Gasteiger partial charge in [0.25, 0.3) is 0 Å². The van der Waals surface area contributed by atoms with E-state index >= 15 is 0 Å². The fraction of sp³-hybridized carbons (Fsp3) is 0.167. The Bertz CT molecular complexity index is 952. The predicted molar refractivity (Wildman–Crippen MR) is 118 cm³/mol. The summed E-state index contributed by atoms with van der Waals surface area (Å²) in [5, 5.41) is 11.9. The average molecular weight is 472 g/mol. The minimum atomic E-state index is -0.147. The molecule has 1 heterocycles. The molecule has 0 bridgehead atoms. The van der Waals surface area contributed by atoms with E-state index in [1.165, 1.54) is 28.7 Å². The molecule has 5 nitrogen and oxygen atoms in total. The Morgan fingerprint density at radius 3 is 2.46 bits per heavy atom. The Kier molecular flexibility index (Phi) is 7.87. The summed E-state index contributed by atoms with van der Waals surface area (Å²) < 4.78 is 6.77. The summed E-state index contributed by atoms with van der Waals surface area (Å²) in [5.74, 6) is 1.72. The van der Waals surface area contributed by atoms with E-state index in [1.54, 1.807) is 37.1 Å². The van der Waals surface area contributed by atoms with Crippen molar-refractivity contribution >= 4 is 69.7 Å². The molecule has 0 aliphatic heterocycles. The first kappa shape index (κ1) is 21.3. The van der Waals surface area contributed by atoms with Crippen LogP contribution in [-0.2, 0) is 10.5 Å². The number of rotatable bonds is 8. The molecule has 0 atom stereocenters. The van der Waals surface area contributed by atoms with Gasteiger partial charge in [0.15, 0.2) is 8.68 Å².